The Bertz CT molecular complexity index is 429. The zero-order valence-corrected chi connectivity index (χ0v) is 9.44. The standard InChI is InChI=1S/C11H14N2O3/c1-6-4-5-9(7(2)12-6)10(14)13-8(3)11(15)16/h4-5,8H,1-3H3,(H,13,14)(H,15,16). The molecule has 5 nitrogen and oxygen atoms in total. The second kappa shape index (κ2) is 4.74. The van der Waals surface area contributed by atoms with Crippen molar-refractivity contribution in [3.05, 3.63) is 29.1 Å². The first-order valence-corrected chi connectivity index (χ1v) is 4.89. The lowest BCUT2D eigenvalue weighted by molar-refractivity contribution is -0.138. The first kappa shape index (κ1) is 12.2. The van der Waals surface area contributed by atoms with Crippen LogP contribution in [0.2, 0.25) is 0 Å². The summed E-state index contributed by atoms with van der Waals surface area (Å²) < 4.78 is 0. The number of aryl methyl sites for hydroxylation is 2. The molecule has 0 bridgehead atoms. The molecule has 16 heavy (non-hydrogen) atoms. The van der Waals surface area contributed by atoms with Gasteiger partial charge in [0.2, 0.25) is 0 Å². The van der Waals surface area contributed by atoms with E-state index in [1.54, 1.807) is 19.1 Å². The van der Waals surface area contributed by atoms with Gasteiger partial charge in [-0.15, -0.1) is 0 Å². The minimum atomic E-state index is -1.06. The molecule has 86 valence electrons. The van der Waals surface area contributed by atoms with Crippen molar-refractivity contribution in [2.45, 2.75) is 26.8 Å². The minimum Gasteiger partial charge on any atom is -0.480 e. The van der Waals surface area contributed by atoms with Crippen LogP contribution in [0.15, 0.2) is 12.1 Å². The molecular formula is C11H14N2O3. The molecule has 1 amide bonds. The van der Waals surface area contributed by atoms with Crippen LogP contribution >= 0.6 is 0 Å². The Kier molecular flexibility index (Phi) is 3.60. The molecule has 0 radical (unpaired) electrons. The maximum atomic E-state index is 11.7. The molecule has 0 saturated carbocycles. The van der Waals surface area contributed by atoms with Gasteiger partial charge in [-0.3, -0.25) is 14.6 Å². The smallest absolute Gasteiger partial charge is 0.325 e. The molecule has 0 aliphatic rings. The number of nitrogens with one attached hydrogen (secondary N) is 1. The third-order valence-corrected chi connectivity index (χ3v) is 2.19. The number of rotatable bonds is 3. The summed E-state index contributed by atoms with van der Waals surface area (Å²) in [5.41, 5.74) is 1.81. The van der Waals surface area contributed by atoms with E-state index in [4.69, 9.17) is 5.11 Å². The van der Waals surface area contributed by atoms with Crippen LogP contribution in [0.1, 0.15) is 28.7 Å². The normalized spacial score (nSPS) is 11.9. The lowest BCUT2D eigenvalue weighted by Crippen LogP contribution is -2.38. The van der Waals surface area contributed by atoms with Gasteiger partial charge in [-0.05, 0) is 32.9 Å². The average molecular weight is 222 g/mol. The van der Waals surface area contributed by atoms with Gasteiger partial charge in [-0.1, -0.05) is 0 Å². The number of carbonyl (C=O) groups is 2. The van der Waals surface area contributed by atoms with Crippen molar-refractivity contribution >= 4 is 11.9 Å². The molecule has 0 spiro atoms. The van der Waals surface area contributed by atoms with Crippen LogP contribution in [-0.2, 0) is 4.79 Å². The van der Waals surface area contributed by atoms with E-state index in [1.807, 2.05) is 6.92 Å². The maximum absolute atomic E-state index is 11.7. The molecule has 0 aromatic carbocycles. The van der Waals surface area contributed by atoms with E-state index in [2.05, 4.69) is 10.3 Å². The minimum absolute atomic E-state index is 0.402. The van der Waals surface area contributed by atoms with Crippen molar-refractivity contribution in [3.8, 4) is 0 Å². The molecule has 5 heteroatoms. The summed E-state index contributed by atoms with van der Waals surface area (Å²) >= 11 is 0. The van der Waals surface area contributed by atoms with E-state index in [0.717, 1.165) is 5.69 Å². The van der Waals surface area contributed by atoms with E-state index in [0.29, 0.717) is 11.3 Å². The van der Waals surface area contributed by atoms with Crippen LogP contribution in [0.5, 0.6) is 0 Å². The molecule has 1 heterocycles. The van der Waals surface area contributed by atoms with Crippen molar-refractivity contribution in [1.29, 1.82) is 0 Å². The highest BCUT2D eigenvalue weighted by atomic mass is 16.4. The fourth-order valence-corrected chi connectivity index (χ4v) is 1.26. The van der Waals surface area contributed by atoms with Gasteiger partial charge in [0, 0.05) is 5.69 Å². The second-order valence-electron chi connectivity index (χ2n) is 3.62. The second-order valence-corrected chi connectivity index (χ2v) is 3.62. The number of pyridine rings is 1. The fraction of sp³-hybridized carbons (Fsp3) is 0.364. The maximum Gasteiger partial charge on any atom is 0.325 e. The van der Waals surface area contributed by atoms with Crippen LogP contribution in [0, 0.1) is 13.8 Å². The first-order valence-electron chi connectivity index (χ1n) is 4.89. The SMILES string of the molecule is Cc1ccc(C(=O)NC(C)C(=O)O)c(C)n1. The lowest BCUT2D eigenvalue weighted by atomic mass is 10.1. The Labute approximate surface area is 93.5 Å². The van der Waals surface area contributed by atoms with Crippen molar-refractivity contribution in [2.75, 3.05) is 0 Å². The van der Waals surface area contributed by atoms with Crippen LogP contribution in [0.25, 0.3) is 0 Å². The van der Waals surface area contributed by atoms with Crippen LogP contribution in [0.4, 0.5) is 0 Å². The highest BCUT2D eigenvalue weighted by Gasteiger charge is 2.16. The summed E-state index contributed by atoms with van der Waals surface area (Å²) in [5, 5.41) is 11.0. The van der Waals surface area contributed by atoms with Crippen molar-refractivity contribution in [2.24, 2.45) is 0 Å². The molecule has 0 aliphatic carbocycles. The Morgan fingerprint density at radius 1 is 1.38 bits per heavy atom. The summed E-state index contributed by atoms with van der Waals surface area (Å²) in [5.74, 6) is -1.48. The fourth-order valence-electron chi connectivity index (χ4n) is 1.26. The molecule has 0 saturated heterocycles. The quantitative estimate of drug-likeness (QED) is 0.796. The van der Waals surface area contributed by atoms with Gasteiger partial charge in [-0.2, -0.15) is 0 Å². The molecule has 1 unspecified atom stereocenters. The number of carboxylic acids is 1. The summed E-state index contributed by atoms with van der Waals surface area (Å²) in [6, 6.07) is 2.45. The lowest BCUT2D eigenvalue weighted by Gasteiger charge is -2.10. The van der Waals surface area contributed by atoms with E-state index < -0.39 is 17.9 Å². The van der Waals surface area contributed by atoms with Gasteiger partial charge in [0.15, 0.2) is 0 Å². The number of nitrogens with zero attached hydrogens (tertiary/aromatic N) is 1. The highest BCUT2D eigenvalue weighted by molar-refractivity contribution is 5.97. The molecule has 1 aromatic heterocycles. The van der Waals surface area contributed by atoms with E-state index in [-0.39, 0.29) is 0 Å². The summed E-state index contributed by atoms with van der Waals surface area (Å²) in [4.78, 5) is 26.4. The van der Waals surface area contributed by atoms with Crippen molar-refractivity contribution in [3.63, 3.8) is 0 Å². The third kappa shape index (κ3) is 2.79. The summed E-state index contributed by atoms with van der Waals surface area (Å²) in [6.45, 7) is 4.96. The number of hydrogen-bond acceptors (Lipinski definition) is 3. The van der Waals surface area contributed by atoms with E-state index in [9.17, 15) is 9.59 Å². The largest absolute Gasteiger partial charge is 0.480 e. The third-order valence-electron chi connectivity index (χ3n) is 2.19. The van der Waals surface area contributed by atoms with Crippen LogP contribution in [0.3, 0.4) is 0 Å². The molecular weight excluding hydrogens is 208 g/mol. The number of hydrogen-bond donors (Lipinski definition) is 2. The number of aromatic nitrogens is 1. The van der Waals surface area contributed by atoms with Gasteiger partial charge in [0.1, 0.15) is 6.04 Å². The predicted octanol–water partition coefficient (Wildman–Crippen LogP) is 0.901. The highest BCUT2D eigenvalue weighted by Crippen LogP contribution is 2.06. The van der Waals surface area contributed by atoms with Crippen LogP contribution in [-0.4, -0.2) is 28.0 Å². The number of carboxylic acid groups (broad SMARTS) is 1. The average Bonchev–Trinajstić information content (AvgIpc) is 2.16. The van der Waals surface area contributed by atoms with Gasteiger partial charge in [-0.25, -0.2) is 0 Å². The Hall–Kier alpha value is -1.91. The molecule has 0 aliphatic heterocycles. The number of carbonyl (C=O) groups excluding carboxylic acids is 1. The zero-order valence-electron chi connectivity index (χ0n) is 9.44. The van der Waals surface area contributed by atoms with Crippen LogP contribution < -0.4 is 5.32 Å². The molecule has 1 aromatic rings. The topological polar surface area (TPSA) is 79.3 Å². The summed E-state index contributed by atoms with van der Waals surface area (Å²) in [7, 11) is 0. The van der Waals surface area contributed by atoms with Gasteiger partial charge >= 0.3 is 5.97 Å². The van der Waals surface area contributed by atoms with Crippen molar-refractivity contribution in [1.82, 2.24) is 10.3 Å². The van der Waals surface area contributed by atoms with Gasteiger partial charge in [0.05, 0.1) is 11.3 Å². The Morgan fingerprint density at radius 3 is 2.50 bits per heavy atom. The monoisotopic (exact) mass is 222 g/mol. The first-order chi connectivity index (χ1) is 7.41. The Morgan fingerprint density at radius 2 is 2.00 bits per heavy atom. The van der Waals surface area contributed by atoms with Gasteiger partial charge < -0.3 is 10.4 Å². The molecule has 2 N–H and O–H groups in total. The molecule has 1 atom stereocenters. The number of amides is 1. The van der Waals surface area contributed by atoms with Crippen molar-refractivity contribution < 1.29 is 14.7 Å². The van der Waals surface area contributed by atoms with E-state index >= 15 is 0 Å². The predicted molar refractivity (Wildman–Crippen MR) is 58.3 cm³/mol. The number of aliphatic carboxylic acids is 1. The summed E-state index contributed by atoms with van der Waals surface area (Å²) in [6.07, 6.45) is 0. The Balaban J connectivity index is 2.85. The molecule has 0 fully saturated rings. The van der Waals surface area contributed by atoms with Gasteiger partial charge in [0.25, 0.3) is 5.91 Å². The zero-order chi connectivity index (χ0) is 12.3. The van der Waals surface area contributed by atoms with E-state index in [1.165, 1.54) is 6.92 Å². The molecule has 1 rings (SSSR count).